The first kappa shape index (κ1) is 21.2. The van der Waals surface area contributed by atoms with Gasteiger partial charge in [-0.15, -0.1) is 0 Å². The number of rotatable bonds is 7. The van der Waals surface area contributed by atoms with Crippen molar-refractivity contribution in [1.82, 2.24) is 14.9 Å². The Labute approximate surface area is 184 Å². The van der Waals surface area contributed by atoms with Crippen molar-refractivity contribution in [3.63, 3.8) is 0 Å². The van der Waals surface area contributed by atoms with Crippen molar-refractivity contribution in [2.75, 3.05) is 13.1 Å². The predicted molar refractivity (Wildman–Crippen MR) is 123 cm³/mol. The molecule has 2 heterocycles. The van der Waals surface area contributed by atoms with Gasteiger partial charge in [-0.05, 0) is 42.5 Å². The Morgan fingerprint density at radius 1 is 1.00 bits per heavy atom. The molecule has 160 valence electrons. The molecule has 1 unspecified atom stereocenters. The molecule has 1 fully saturated rings. The van der Waals surface area contributed by atoms with Crippen LogP contribution in [-0.2, 0) is 24.2 Å². The normalized spacial score (nSPS) is 19.3. The third kappa shape index (κ3) is 5.00. The van der Waals surface area contributed by atoms with Gasteiger partial charge in [0.05, 0.1) is 5.41 Å². The molecule has 0 spiro atoms. The molecule has 4 rings (SSSR count). The van der Waals surface area contributed by atoms with Gasteiger partial charge in [0, 0.05) is 37.5 Å². The molecule has 1 aliphatic heterocycles. The molecule has 0 saturated carbocycles. The number of nitrogens with zero attached hydrogens (tertiary/aromatic N) is 3. The van der Waals surface area contributed by atoms with E-state index in [1.807, 2.05) is 37.5 Å². The summed E-state index contributed by atoms with van der Waals surface area (Å²) in [5.74, 6) is 0.648. The highest BCUT2D eigenvalue weighted by atomic mass is 16.1. The third-order valence-electron chi connectivity index (χ3n) is 6.26. The minimum absolute atomic E-state index is 0.207. The lowest BCUT2D eigenvalue weighted by Gasteiger charge is -2.41. The van der Waals surface area contributed by atoms with Gasteiger partial charge in [-0.25, -0.2) is 9.97 Å². The quantitative estimate of drug-likeness (QED) is 0.634. The van der Waals surface area contributed by atoms with Crippen LogP contribution in [0.2, 0.25) is 0 Å². The van der Waals surface area contributed by atoms with E-state index in [0.29, 0.717) is 13.0 Å². The van der Waals surface area contributed by atoms with Gasteiger partial charge in [-0.1, -0.05) is 61.5 Å². The molecule has 1 atom stereocenters. The number of nitrogens with two attached hydrogens (primary N) is 1. The van der Waals surface area contributed by atoms with E-state index < -0.39 is 5.41 Å². The van der Waals surface area contributed by atoms with E-state index in [1.165, 1.54) is 11.1 Å². The smallest absolute Gasteiger partial charge is 0.225 e. The summed E-state index contributed by atoms with van der Waals surface area (Å²) in [6.45, 7) is 4.41. The average Bonchev–Trinajstić information content (AvgIpc) is 2.81. The highest BCUT2D eigenvalue weighted by Gasteiger charge is 2.40. The monoisotopic (exact) mass is 414 g/mol. The van der Waals surface area contributed by atoms with Crippen molar-refractivity contribution in [2.45, 2.75) is 39.2 Å². The maximum Gasteiger partial charge on any atom is 0.225 e. The molecule has 0 radical (unpaired) electrons. The van der Waals surface area contributed by atoms with Gasteiger partial charge in [0.1, 0.15) is 5.82 Å². The number of hydrogen-bond donors (Lipinski definition) is 1. The first-order chi connectivity index (χ1) is 15.1. The fourth-order valence-electron chi connectivity index (χ4n) is 4.54. The highest BCUT2D eigenvalue weighted by Crippen LogP contribution is 2.34. The molecule has 31 heavy (non-hydrogen) atoms. The molecule has 1 amide bonds. The summed E-state index contributed by atoms with van der Waals surface area (Å²) in [6, 6.07) is 18.8. The topological polar surface area (TPSA) is 72.1 Å². The summed E-state index contributed by atoms with van der Waals surface area (Å²) in [6.07, 6.45) is 7.07. The Kier molecular flexibility index (Phi) is 6.42. The largest absolute Gasteiger partial charge is 0.369 e. The lowest BCUT2D eigenvalue weighted by molar-refractivity contribution is -0.131. The van der Waals surface area contributed by atoms with Crippen molar-refractivity contribution in [3.8, 4) is 11.1 Å². The number of carbonyl (C=O) groups excluding carboxylic acids is 1. The number of hydrogen-bond acceptors (Lipinski definition) is 4. The summed E-state index contributed by atoms with van der Waals surface area (Å²) in [4.78, 5) is 23.7. The lowest BCUT2D eigenvalue weighted by Crippen LogP contribution is -2.51. The van der Waals surface area contributed by atoms with E-state index >= 15 is 0 Å². The maximum absolute atomic E-state index is 12.6. The van der Waals surface area contributed by atoms with Crippen LogP contribution in [0.1, 0.15) is 36.7 Å². The van der Waals surface area contributed by atoms with Crippen molar-refractivity contribution in [2.24, 2.45) is 11.1 Å². The fraction of sp³-hybridized carbons (Fsp3) is 0.346. The lowest BCUT2D eigenvalue weighted by atomic mass is 9.74. The van der Waals surface area contributed by atoms with Gasteiger partial charge in [0.25, 0.3) is 0 Å². The number of amides is 1. The van der Waals surface area contributed by atoms with Gasteiger partial charge in [0.2, 0.25) is 5.91 Å². The Morgan fingerprint density at radius 2 is 1.68 bits per heavy atom. The molecule has 3 aromatic rings. The number of piperidine rings is 1. The molecule has 5 nitrogen and oxygen atoms in total. The van der Waals surface area contributed by atoms with Crippen LogP contribution in [-0.4, -0.2) is 33.9 Å². The molecule has 5 heteroatoms. The number of likely N-dealkylation sites (tertiary alicyclic amines) is 1. The third-order valence-corrected chi connectivity index (χ3v) is 6.26. The second-order valence-corrected chi connectivity index (χ2v) is 8.56. The maximum atomic E-state index is 12.6. The Balaban J connectivity index is 1.48. The first-order valence-electron chi connectivity index (χ1n) is 11.0. The van der Waals surface area contributed by atoms with Gasteiger partial charge in [-0.2, -0.15) is 0 Å². The summed E-state index contributed by atoms with van der Waals surface area (Å²) >= 11 is 0. The molecule has 2 aromatic carbocycles. The van der Waals surface area contributed by atoms with E-state index in [9.17, 15) is 4.79 Å². The second-order valence-electron chi connectivity index (χ2n) is 8.56. The molecular formula is C26H30N4O. The molecule has 0 aliphatic carbocycles. The summed E-state index contributed by atoms with van der Waals surface area (Å²) < 4.78 is 0. The van der Waals surface area contributed by atoms with E-state index in [4.69, 9.17) is 5.73 Å². The SMILES string of the molecule is CCc1ncc(CN2CCCC(Cc3ccc(-c4ccccc4)cc3)(C(N)=O)C2)cn1. The van der Waals surface area contributed by atoms with Crippen molar-refractivity contribution in [1.29, 1.82) is 0 Å². The molecule has 2 N–H and O–H groups in total. The van der Waals surface area contributed by atoms with Crippen LogP contribution in [0.4, 0.5) is 0 Å². The molecule has 1 aromatic heterocycles. The number of aromatic nitrogens is 2. The Morgan fingerprint density at radius 3 is 2.32 bits per heavy atom. The van der Waals surface area contributed by atoms with Crippen LogP contribution in [0.25, 0.3) is 11.1 Å². The van der Waals surface area contributed by atoms with Crippen LogP contribution in [0.15, 0.2) is 67.0 Å². The summed E-state index contributed by atoms with van der Waals surface area (Å²) in [7, 11) is 0. The zero-order chi connectivity index (χ0) is 21.7. The summed E-state index contributed by atoms with van der Waals surface area (Å²) in [5, 5.41) is 0. The van der Waals surface area contributed by atoms with Crippen LogP contribution >= 0.6 is 0 Å². The van der Waals surface area contributed by atoms with Crippen LogP contribution in [0.3, 0.4) is 0 Å². The van der Waals surface area contributed by atoms with Gasteiger partial charge in [0.15, 0.2) is 0 Å². The Bertz CT molecular complexity index is 1000. The standard InChI is InChI=1S/C26H30N4O/c1-2-24-28-16-21(17-29-24)18-30-14-6-13-26(19-30,25(27)31)15-20-9-11-23(12-10-20)22-7-4-3-5-8-22/h3-5,7-12,16-17H,2,6,13-15,18-19H2,1H3,(H2,27,31). The van der Waals surface area contributed by atoms with E-state index in [-0.39, 0.29) is 5.91 Å². The summed E-state index contributed by atoms with van der Waals surface area (Å²) in [5.41, 5.74) is 10.0. The van der Waals surface area contributed by atoms with Gasteiger partial charge >= 0.3 is 0 Å². The number of primary amides is 1. The predicted octanol–water partition coefficient (Wildman–Crippen LogP) is 4.02. The van der Waals surface area contributed by atoms with Crippen LogP contribution < -0.4 is 5.73 Å². The first-order valence-corrected chi connectivity index (χ1v) is 11.0. The molecule has 1 aliphatic rings. The van der Waals surface area contributed by atoms with Crippen LogP contribution in [0, 0.1) is 5.41 Å². The highest BCUT2D eigenvalue weighted by molar-refractivity contribution is 5.81. The average molecular weight is 415 g/mol. The molecule has 0 bridgehead atoms. The Hall–Kier alpha value is -3.05. The molecular weight excluding hydrogens is 384 g/mol. The van der Waals surface area contributed by atoms with E-state index in [1.54, 1.807) is 0 Å². The van der Waals surface area contributed by atoms with Crippen LogP contribution in [0.5, 0.6) is 0 Å². The van der Waals surface area contributed by atoms with Crippen molar-refractivity contribution < 1.29 is 4.79 Å². The van der Waals surface area contributed by atoms with Crippen molar-refractivity contribution in [3.05, 3.63) is 83.9 Å². The van der Waals surface area contributed by atoms with E-state index in [0.717, 1.165) is 49.3 Å². The molecule has 1 saturated heterocycles. The number of benzene rings is 2. The van der Waals surface area contributed by atoms with Crippen molar-refractivity contribution >= 4 is 5.91 Å². The second kappa shape index (κ2) is 9.40. The minimum atomic E-state index is -0.545. The van der Waals surface area contributed by atoms with Gasteiger partial charge < -0.3 is 5.73 Å². The van der Waals surface area contributed by atoms with E-state index in [2.05, 4.69) is 51.3 Å². The zero-order valence-electron chi connectivity index (χ0n) is 18.1. The zero-order valence-corrected chi connectivity index (χ0v) is 18.1. The number of aryl methyl sites for hydroxylation is 1. The van der Waals surface area contributed by atoms with Gasteiger partial charge in [-0.3, -0.25) is 9.69 Å². The fourth-order valence-corrected chi connectivity index (χ4v) is 4.54. The number of carbonyl (C=O) groups is 1. The minimum Gasteiger partial charge on any atom is -0.369 e.